The maximum absolute atomic E-state index is 11.6. The summed E-state index contributed by atoms with van der Waals surface area (Å²) in [6, 6.07) is 9.08. The molecule has 1 N–H and O–H groups in total. The lowest BCUT2D eigenvalue weighted by molar-refractivity contribution is 0.0872. The molecular formula is C13H13N3O2. The van der Waals surface area contributed by atoms with E-state index in [9.17, 15) is 4.79 Å². The highest BCUT2D eigenvalue weighted by Gasteiger charge is 2.06. The van der Waals surface area contributed by atoms with Gasteiger partial charge in [-0.2, -0.15) is 0 Å². The first-order valence-corrected chi connectivity index (χ1v) is 5.46. The third-order valence-corrected chi connectivity index (χ3v) is 2.33. The smallest absolute Gasteiger partial charge is 0.254 e. The number of nitrogens with one attached hydrogen (secondary N) is 1. The van der Waals surface area contributed by atoms with Crippen LogP contribution < -0.4 is 5.32 Å². The van der Waals surface area contributed by atoms with Crippen molar-refractivity contribution in [2.75, 3.05) is 13.8 Å². The van der Waals surface area contributed by atoms with Gasteiger partial charge in [-0.3, -0.25) is 14.8 Å². The number of carbonyl (C=O) groups excluding carboxylic acids is 1. The molecule has 92 valence electrons. The van der Waals surface area contributed by atoms with Crippen molar-refractivity contribution in [2.45, 2.75) is 0 Å². The number of ether oxygens (including phenoxy) is 1. The van der Waals surface area contributed by atoms with Crippen LogP contribution in [0.25, 0.3) is 11.4 Å². The van der Waals surface area contributed by atoms with Crippen LogP contribution in [0, 0.1) is 0 Å². The van der Waals surface area contributed by atoms with Gasteiger partial charge in [-0.1, -0.05) is 6.07 Å². The monoisotopic (exact) mass is 243 g/mol. The average molecular weight is 243 g/mol. The Bertz CT molecular complexity index is 512. The largest absolute Gasteiger partial charge is 0.364 e. The first-order chi connectivity index (χ1) is 8.81. The van der Waals surface area contributed by atoms with E-state index >= 15 is 0 Å². The minimum absolute atomic E-state index is 0.181. The van der Waals surface area contributed by atoms with Gasteiger partial charge in [-0.15, -0.1) is 0 Å². The van der Waals surface area contributed by atoms with Gasteiger partial charge in [0.1, 0.15) is 6.73 Å². The lowest BCUT2D eigenvalue weighted by Crippen LogP contribution is -2.25. The topological polar surface area (TPSA) is 64.1 Å². The number of rotatable bonds is 4. The van der Waals surface area contributed by atoms with Gasteiger partial charge in [0.05, 0.1) is 17.0 Å². The van der Waals surface area contributed by atoms with Crippen LogP contribution in [0.15, 0.2) is 42.7 Å². The Morgan fingerprint density at radius 2 is 2.06 bits per heavy atom. The lowest BCUT2D eigenvalue weighted by atomic mass is 10.2. The average Bonchev–Trinajstić information content (AvgIpc) is 2.46. The van der Waals surface area contributed by atoms with E-state index in [1.165, 1.54) is 13.3 Å². The molecule has 5 heteroatoms. The van der Waals surface area contributed by atoms with Crippen molar-refractivity contribution in [3.8, 4) is 11.4 Å². The molecule has 2 rings (SSSR count). The molecule has 0 atom stereocenters. The molecule has 1 amide bonds. The van der Waals surface area contributed by atoms with Gasteiger partial charge >= 0.3 is 0 Å². The Morgan fingerprint density at radius 3 is 2.67 bits per heavy atom. The van der Waals surface area contributed by atoms with Crippen LogP contribution >= 0.6 is 0 Å². The molecule has 5 nitrogen and oxygen atoms in total. The summed E-state index contributed by atoms with van der Waals surface area (Å²) in [5, 5.41) is 2.59. The molecule has 0 fully saturated rings. The second-order valence-electron chi connectivity index (χ2n) is 3.59. The zero-order chi connectivity index (χ0) is 12.8. The van der Waals surface area contributed by atoms with Crippen molar-refractivity contribution in [3.05, 3.63) is 48.3 Å². The van der Waals surface area contributed by atoms with Gasteiger partial charge in [0, 0.05) is 19.5 Å². The molecule has 0 aliphatic carbocycles. The van der Waals surface area contributed by atoms with Gasteiger partial charge in [-0.05, 0) is 24.3 Å². The predicted molar refractivity (Wildman–Crippen MR) is 66.8 cm³/mol. The molecule has 0 aliphatic heterocycles. The highest BCUT2D eigenvalue weighted by Crippen LogP contribution is 2.13. The fourth-order valence-electron chi connectivity index (χ4n) is 1.43. The van der Waals surface area contributed by atoms with Crippen molar-refractivity contribution in [1.29, 1.82) is 0 Å². The van der Waals surface area contributed by atoms with Crippen molar-refractivity contribution >= 4 is 5.91 Å². The van der Waals surface area contributed by atoms with Gasteiger partial charge in [0.2, 0.25) is 0 Å². The quantitative estimate of drug-likeness (QED) is 0.826. The number of methoxy groups -OCH3 is 1. The van der Waals surface area contributed by atoms with Gasteiger partial charge in [-0.25, -0.2) is 0 Å². The Balaban J connectivity index is 2.13. The highest BCUT2D eigenvalue weighted by atomic mass is 16.5. The second-order valence-corrected chi connectivity index (χ2v) is 3.59. The minimum atomic E-state index is -0.211. The minimum Gasteiger partial charge on any atom is -0.364 e. The third kappa shape index (κ3) is 2.89. The predicted octanol–water partition coefficient (Wildman–Crippen LogP) is 1.48. The summed E-state index contributed by atoms with van der Waals surface area (Å²) in [6.07, 6.45) is 3.23. The van der Waals surface area contributed by atoms with E-state index in [2.05, 4.69) is 15.3 Å². The van der Waals surface area contributed by atoms with E-state index in [1.54, 1.807) is 18.3 Å². The van der Waals surface area contributed by atoms with E-state index in [0.29, 0.717) is 5.56 Å². The van der Waals surface area contributed by atoms with Crippen LogP contribution in [0.5, 0.6) is 0 Å². The van der Waals surface area contributed by atoms with Crippen LogP contribution in [0.1, 0.15) is 10.4 Å². The number of pyridine rings is 2. The SMILES string of the molecule is COCNC(=O)c1ccc(-c2ccccn2)nc1. The Labute approximate surface area is 105 Å². The van der Waals surface area contributed by atoms with Crippen molar-refractivity contribution < 1.29 is 9.53 Å². The number of amides is 1. The second kappa shape index (κ2) is 5.88. The molecule has 18 heavy (non-hydrogen) atoms. The molecule has 0 bridgehead atoms. The summed E-state index contributed by atoms with van der Waals surface area (Å²) >= 11 is 0. The number of aromatic nitrogens is 2. The molecule has 2 aromatic rings. The summed E-state index contributed by atoms with van der Waals surface area (Å²) in [5.74, 6) is -0.211. The van der Waals surface area contributed by atoms with Crippen LogP contribution in [0.2, 0.25) is 0 Å². The highest BCUT2D eigenvalue weighted by molar-refractivity contribution is 5.94. The Morgan fingerprint density at radius 1 is 1.22 bits per heavy atom. The first-order valence-electron chi connectivity index (χ1n) is 5.46. The van der Waals surface area contributed by atoms with E-state index in [4.69, 9.17) is 4.74 Å². The van der Waals surface area contributed by atoms with Crippen LogP contribution in [0.3, 0.4) is 0 Å². The summed E-state index contributed by atoms with van der Waals surface area (Å²) in [4.78, 5) is 20.0. The summed E-state index contributed by atoms with van der Waals surface area (Å²) in [5.41, 5.74) is 2.01. The van der Waals surface area contributed by atoms with E-state index in [-0.39, 0.29) is 12.6 Å². The Hall–Kier alpha value is -2.27. The summed E-state index contributed by atoms with van der Waals surface area (Å²) < 4.78 is 4.76. The van der Waals surface area contributed by atoms with E-state index < -0.39 is 0 Å². The summed E-state index contributed by atoms with van der Waals surface area (Å²) in [7, 11) is 1.52. The number of hydrogen-bond donors (Lipinski definition) is 1. The first kappa shape index (κ1) is 12.2. The molecule has 2 aromatic heterocycles. The molecule has 0 aromatic carbocycles. The molecule has 0 unspecified atom stereocenters. The fraction of sp³-hybridized carbons (Fsp3) is 0.154. The maximum atomic E-state index is 11.6. The van der Waals surface area contributed by atoms with Crippen LogP contribution in [-0.2, 0) is 4.74 Å². The number of carbonyl (C=O) groups is 1. The standard InChI is InChI=1S/C13H13N3O2/c1-18-9-16-13(17)10-5-6-12(15-8-10)11-4-2-3-7-14-11/h2-8H,9H2,1H3,(H,16,17). The van der Waals surface area contributed by atoms with Gasteiger partial charge < -0.3 is 10.1 Å². The zero-order valence-corrected chi connectivity index (χ0v) is 9.96. The van der Waals surface area contributed by atoms with E-state index in [0.717, 1.165) is 11.4 Å². The fourth-order valence-corrected chi connectivity index (χ4v) is 1.43. The van der Waals surface area contributed by atoms with E-state index in [1.807, 2.05) is 18.2 Å². The Kier molecular flexibility index (Phi) is 3.98. The van der Waals surface area contributed by atoms with Crippen molar-refractivity contribution in [3.63, 3.8) is 0 Å². The molecule has 0 saturated heterocycles. The normalized spacial score (nSPS) is 10.1. The van der Waals surface area contributed by atoms with Gasteiger partial charge in [0.25, 0.3) is 5.91 Å². The zero-order valence-electron chi connectivity index (χ0n) is 9.96. The molecule has 0 saturated carbocycles. The van der Waals surface area contributed by atoms with Crippen LogP contribution in [-0.4, -0.2) is 29.7 Å². The summed E-state index contributed by atoms with van der Waals surface area (Å²) in [6.45, 7) is 0.181. The van der Waals surface area contributed by atoms with Crippen molar-refractivity contribution in [2.24, 2.45) is 0 Å². The number of nitrogens with zero attached hydrogens (tertiary/aromatic N) is 2. The maximum Gasteiger partial charge on any atom is 0.254 e. The molecular weight excluding hydrogens is 230 g/mol. The molecule has 0 aliphatic rings. The molecule has 2 heterocycles. The van der Waals surface area contributed by atoms with Gasteiger partial charge in [0.15, 0.2) is 0 Å². The molecule has 0 spiro atoms. The molecule has 0 radical (unpaired) electrons. The number of hydrogen-bond acceptors (Lipinski definition) is 4. The third-order valence-electron chi connectivity index (χ3n) is 2.33. The van der Waals surface area contributed by atoms with Crippen LogP contribution in [0.4, 0.5) is 0 Å². The van der Waals surface area contributed by atoms with Crippen molar-refractivity contribution in [1.82, 2.24) is 15.3 Å². The lowest BCUT2D eigenvalue weighted by Gasteiger charge is -2.04.